The van der Waals surface area contributed by atoms with Crippen LogP contribution in [0.2, 0.25) is 10.0 Å². The topological polar surface area (TPSA) is 12.0 Å². The molecule has 2 aromatic carbocycles. The first-order chi connectivity index (χ1) is 9.97. The largest absolute Gasteiger partial charge is 0.310 e. The predicted molar refractivity (Wildman–Crippen MR) is 90.7 cm³/mol. The van der Waals surface area contributed by atoms with E-state index in [0.717, 1.165) is 16.5 Å². The molecule has 2 aromatic rings. The summed E-state index contributed by atoms with van der Waals surface area (Å²) >= 11 is 15.2. The van der Waals surface area contributed by atoms with Gasteiger partial charge in [0.2, 0.25) is 0 Å². The summed E-state index contributed by atoms with van der Waals surface area (Å²) in [5, 5.41) is 4.59. The smallest absolute Gasteiger partial charge is 0.129 e. The van der Waals surface area contributed by atoms with Gasteiger partial charge in [-0.15, -0.1) is 0 Å². The number of rotatable bonds is 5. The Morgan fingerprint density at radius 1 is 1.19 bits per heavy atom. The lowest BCUT2D eigenvalue weighted by atomic mass is 10.1. The molecule has 0 saturated heterocycles. The molecule has 0 aliphatic carbocycles. The molecule has 1 N–H and O–H groups in total. The zero-order chi connectivity index (χ0) is 15.4. The van der Waals surface area contributed by atoms with Gasteiger partial charge >= 0.3 is 0 Å². The summed E-state index contributed by atoms with van der Waals surface area (Å²) in [5.41, 5.74) is 1.68. The van der Waals surface area contributed by atoms with Crippen LogP contribution in [0.5, 0.6) is 0 Å². The SMILES string of the molecule is CC(NCCc1ccc(Cl)cc1Cl)c1ccc(Br)cc1F. The number of nitrogens with one attached hydrogen (secondary N) is 1. The summed E-state index contributed by atoms with van der Waals surface area (Å²) < 4.78 is 14.6. The van der Waals surface area contributed by atoms with Crippen molar-refractivity contribution in [3.8, 4) is 0 Å². The van der Waals surface area contributed by atoms with E-state index in [0.29, 0.717) is 22.2 Å². The van der Waals surface area contributed by atoms with Gasteiger partial charge in [0, 0.05) is 26.1 Å². The molecular formula is C16H15BrCl2FN. The maximum Gasteiger partial charge on any atom is 0.129 e. The molecule has 0 bridgehead atoms. The molecule has 21 heavy (non-hydrogen) atoms. The van der Waals surface area contributed by atoms with Crippen LogP contribution in [0.3, 0.4) is 0 Å². The molecule has 0 aromatic heterocycles. The van der Waals surface area contributed by atoms with Crippen molar-refractivity contribution in [3.63, 3.8) is 0 Å². The summed E-state index contributed by atoms with van der Waals surface area (Å²) in [5.74, 6) is -0.214. The fourth-order valence-electron chi connectivity index (χ4n) is 2.11. The van der Waals surface area contributed by atoms with Gasteiger partial charge in [-0.1, -0.05) is 51.3 Å². The van der Waals surface area contributed by atoms with E-state index in [4.69, 9.17) is 23.2 Å². The zero-order valence-corrected chi connectivity index (χ0v) is 14.6. The van der Waals surface area contributed by atoms with Gasteiger partial charge in [-0.25, -0.2) is 4.39 Å². The van der Waals surface area contributed by atoms with E-state index >= 15 is 0 Å². The Labute approximate surface area is 142 Å². The van der Waals surface area contributed by atoms with Crippen molar-refractivity contribution < 1.29 is 4.39 Å². The van der Waals surface area contributed by atoms with E-state index in [-0.39, 0.29) is 11.9 Å². The van der Waals surface area contributed by atoms with Crippen LogP contribution in [0.25, 0.3) is 0 Å². The third kappa shape index (κ3) is 4.68. The van der Waals surface area contributed by atoms with Crippen molar-refractivity contribution >= 4 is 39.1 Å². The Hall–Kier alpha value is -0.610. The molecule has 0 amide bonds. The fourth-order valence-corrected chi connectivity index (χ4v) is 2.95. The van der Waals surface area contributed by atoms with Gasteiger partial charge in [-0.05, 0) is 49.7 Å². The Morgan fingerprint density at radius 2 is 1.95 bits per heavy atom. The highest BCUT2D eigenvalue weighted by Crippen LogP contribution is 2.23. The molecule has 0 aliphatic heterocycles. The highest BCUT2D eigenvalue weighted by molar-refractivity contribution is 9.10. The summed E-state index contributed by atoms with van der Waals surface area (Å²) in [6, 6.07) is 10.5. The average molecular weight is 391 g/mol. The third-order valence-corrected chi connectivity index (χ3v) is 4.37. The van der Waals surface area contributed by atoms with E-state index < -0.39 is 0 Å². The Morgan fingerprint density at radius 3 is 2.62 bits per heavy atom. The molecule has 1 unspecified atom stereocenters. The van der Waals surface area contributed by atoms with Gasteiger partial charge in [-0.3, -0.25) is 0 Å². The lowest BCUT2D eigenvalue weighted by Crippen LogP contribution is -2.22. The van der Waals surface area contributed by atoms with Crippen LogP contribution in [0, 0.1) is 5.82 Å². The van der Waals surface area contributed by atoms with Gasteiger partial charge in [0.05, 0.1) is 0 Å². The minimum atomic E-state index is -0.214. The second kappa shape index (κ2) is 7.59. The molecule has 112 valence electrons. The van der Waals surface area contributed by atoms with Crippen molar-refractivity contribution in [3.05, 3.63) is 67.9 Å². The van der Waals surface area contributed by atoms with Crippen molar-refractivity contribution in [2.24, 2.45) is 0 Å². The summed E-state index contributed by atoms with van der Waals surface area (Å²) in [7, 11) is 0. The third-order valence-electron chi connectivity index (χ3n) is 3.29. The maximum atomic E-state index is 13.9. The van der Waals surface area contributed by atoms with Gasteiger partial charge in [0.1, 0.15) is 5.82 Å². The van der Waals surface area contributed by atoms with Crippen LogP contribution in [-0.4, -0.2) is 6.54 Å². The Balaban J connectivity index is 1.93. The monoisotopic (exact) mass is 389 g/mol. The quantitative estimate of drug-likeness (QED) is 0.681. The molecule has 0 saturated carbocycles. The van der Waals surface area contributed by atoms with E-state index in [1.807, 2.05) is 25.1 Å². The molecular weight excluding hydrogens is 376 g/mol. The van der Waals surface area contributed by atoms with Crippen LogP contribution in [-0.2, 0) is 6.42 Å². The number of hydrogen-bond acceptors (Lipinski definition) is 1. The first-order valence-electron chi connectivity index (χ1n) is 6.59. The van der Waals surface area contributed by atoms with Crippen LogP contribution in [0.1, 0.15) is 24.1 Å². The highest BCUT2D eigenvalue weighted by atomic mass is 79.9. The minimum Gasteiger partial charge on any atom is -0.310 e. The molecule has 0 spiro atoms. The van der Waals surface area contributed by atoms with E-state index in [9.17, 15) is 4.39 Å². The van der Waals surface area contributed by atoms with E-state index in [1.54, 1.807) is 12.1 Å². The highest BCUT2D eigenvalue weighted by Gasteiger charge is 2.11. The average Bonchev–Trinajstić information content (AvgIpc) is 2.41. The summed E-state index contributed by atoms with van der Waals surface area (Å²) in [6.07, 6.45) is 0.762. The van der Waals surface area contributed by atoms with Crippen LogP contribution in [0.4, 0.5) is 4.39 Å². The first kappa shape index (κ1) is 16.8. The van der Waals surface area contributed by atoms with Crippen molar-refractivity contribution in [1.29, 1.82) is 0 Å². The standard InChI is InChI=1S/C16H15BrCl2FN/c1-10(14-5-3-12(17)8-16(14)20)21-7-6-11-2-4-13(18)9-15(11)19/h2-5,8-10,21H,6-7H2,1H3. The Bertz CT molecular complexity index is 634. The van der Waals surface area contributed by atoms with Gasteiger partial charge in [0.15, 0.2) is 0 Å². The Kier molecular flexibility index (Phi) is 6.06. The van der Waals surface area contributed by atoms with Crippen LogP contribution < -0.4 is 5.32 Å². The summed E-state index contributed by atoms with van der Waals surface area (Å²) in [6.45, 7) is 2.65. The molecule has 2 rings (SSSR count). The molecule has 0 heterocycles. The zero-order valence-electron chi connectivity index (χ0n) is 11.5. The van der Waals surface area contributed by atoms with Crippen molar-refractivity contribution in [1.82, 2.24) is 5.32 Å². The molecule has 1 atom stereocenters. The second-order valence-corrected chi connectivity index (χ2v) is 6.59. The fraction of sp³-hybridized carbons (Fsp3) is 0.250. The molecule has 0 radical (unpaired) electrons. The molecule has 0 aliphatic rings. The van der Waals surface area contributed by atoms with Crippen LogP contribution >= 0.6 is 39.1 Å². The van der Waals surface area contributed by atoms with Gasteiger partial charge in [0.25, 0.3) is 0 Å². The second-order valence-electron chi connectivity index (χ2n) is 4.83. The number of halogens is 4. The van der Waals surface area contributed by atoms with E-state index in [1.165, 1.54) is 6.07 Å². The lowest BCUT2D eigenvalue weighted by Gasteiger charge is -2.15. The number of benzene rings is 2. The summed E-state index contributed by atoms with van der Waals surface area (Å²) in [4.78, 5) is 0. The predicted octanol–water partition coefficient (Wildman–Crippen LogP) is 5.79. The van der Waals surface area contributed by atoms with E-state index in [2.05, 4.69) is 21.2 Å². The lowest BCUT2D eigenvalue weighted by molar-refractivity contribution is 0.530. The molecule has 1 nitrogen and oxygen atoms in total. The molecule has 5 heteroatoms. The maximum absolute atomic E-state index is 13.9. The van der Waals surface area contributed by atoms with Gasteiger partial charge < -0.3 is 5.32 Å². The normalized spacial score (nSPS) is 12.4. The molecule has 0 fully saturated rings. The first-order valence-corrected chi connectivity index (χ1v) is 8.14. The van der Waals surface area contributed by atoms with Crippen molar-refractivity contribution in [2.75, 3.05) is 6.54 Å². The minimum absolute atomic E-state index is 0.0656. The van der Waals surface area contributed by atoms with Gasteiger partial charge in [-0.2, -0.15) is 0 Å². The van der Waals surface area contributed by atoms with Crippen LogP contribution in [0.15, 0.2) is 40.9 Å². The van der Waals surface area contributed by atoms with Crippen molar-refractivity contribution in [2.45, 2.75) is 19.4 Å². The number of hydrogen-bond donors (Lipinski definition) is 1.